The first-order valence-corrected chi connectivity index (χ1v) is 9.21. The Balaban J connectivity index is 1.60. The summed E-state index contributed by atoms with van der Waals surface area (Å²) >= 11 is 1.49. The Bertz CT molecular complexity index is 1230. The smallest absolute Gasteiger partial charge is 0.235 e. The first-order valence-electron chi connectivity index (χ1n) is 8.39. The largest absolute Gasteiger partial charge is 0.399 e. The molecular formula is C19H15N7S. The highest BCUT2D eigenvalue weighted by atomic mass is 32.1. The van der Waals surface area contributed by atoms with Crippen LogP contribution < -0.4 is 5.73 Å². The molecule has 2 N–H and O–H groups in total. The van der Waals surface area contributed by atoms with E-state index in [9.17, 15) is 0 Å². The van der Waals surface area contributed by atoms with E-state index in [0.717, 1.165) is 38.2 Å². The molecule has 0 aliphatic carbocycles. The maximum Gasteiger partial charge on any atom is 0.235 e. The number of nitrogen functional groups attached to an aromatic ring is 1. The third kappa shape index (κ3) is 2.58. The summed E-state index contributed by atoms with van der Waals surface area (Å²) in [5, 5.41) is 18.7. The van der Waals surface area contributed by atoms with Crippen molar-refractivity contribution < 1.29 is 0 Å². The van der Waals surface area contributed by atoms with Gasteiger partial charge < -0.3 is 5.73 Å². The summed E-state index contributed by atoms with van der Waals surface area (Å²) in [6.07, 6.45) is 1.81. The normalized spacial score (nSPS) is 11.3. The van der Waals surface area contributed by atoms with Gasteiger partial charge in [0.1, 0.15) is 5.01 Å². The van der Waals surface area contributed by atoms with Crippen molar-refractivity contribution >= 4 is 22.0 Å². The number of rotatable bonds is 3. The molecule has 0 saturated carbocycles. The van der Waals surface area contributed by atoms with Crippen molar-refractivity contribution in [3.05, 3.63) is 66.5 Å². The van der Waals surface area contributed by atoms with Gasteiger partial charge in [-0.25, -0.2) is 4.68 Å². The number of hydrogen-bond donors (Lipinski definition) is 1. The van der Waals surface area contributed by atoms with E-state index in [0.29, 0.717) is 5.82 Å². The standard InChI is InChI=1S/C19H15N7S/c1-12-16(11-21-25(12)15-5-3-2-4-6-15)17-22-23-19-26(17)24-18(27-19)13-7-9-14(20)10-8-13/h2-11H,20H2,1H3. The van der Waals surface area contributed by atoms with E-state index in [2.05, 4.69) is 15.3 Å². The van der Waals surface area contributed by atoms with E-state index in [1.54, 1.807) is 10.7 Å². The minimum absolute atomic E-state index is 0.683. The van der Waals surface area contributed by atoms with E-state index in [4.69, 9.17) is 10.8 Å². The van der Waals surface area contributed by atoms with E-state index in [-0.39, 0.29) is 0 Å². The van der Waals surface area contributed by atoms with Gasteiger partial charge in [0, 0.05) is 11.3 Å². The molecule has 5 rings (SSSR count). The lowest BCUT2D eigenvalue weighted by Crippen LogP contribution is -1.99. The minimum Gasteiger partial charge on any atom is -0.399 e. The van der Waals surface area contributed by atoms with Crippen LogP contribution in [0, 0.1) is 6.92 Å². The molecule has 0 unspecified atom stereocenters. The molecular weight excluding hydrogens is 358 g/mol. The molecule has 0 aliphatic heterocycles. The second-order valence-electron chi connectivity index (χ2n) is 6.14. The molecule has 0 bridgehead atoms. The Morgan fingerprint density at radius 2 is 1.74 bits per heavy atom. The average molecular weight is 373 g/mol. The summed E-state index contributed by atoms with van der Waals surface area (Å²) in [4.78, 5) is 0.740. The predicted octanol–water partition coefficient (Wildman–Crippen LogP) is 3.60. The van der Waals surface area contributed by atoms with Gasteiger partial charge in [-0.15, -0.1) is 10.2 Å². The maximum atomic E-state index is 5.77. The van der Waals surface area contributed by atoms with Crippen LogP contribution in [0.25, 0.3) is 32.6 Å². The van der Waals surface area contributed by atoms with Crippen molar-refractivity contribution in [1.29, 1.82) is 0 Å². The molecule has 27 heavy (non-hydrogen) atoms. The zero-order valence-corrected chi connectivity index (χ0v) is 15.3. The Kier molecular flexibility index (Phi) is 3.51. The monoisotopic (exact) mass is 373 g/mol. The van der Waals surface area contributed by atoms with Gasteiger partial charge in [-0.05, 0) is 43.3 Å². The number of anilines is 1. The zero-order valence-electron chi connectivity index (χ0n) is 14.4. The van der Waals surface area contributed by atoms with E-state index in [1.165, 1.54) is 11.3 Å². The first kappa shape index (κ1) is 15.7. The highest BCUT2D eigenvalue weighted by Gasteiger charge is 2.19. The van der Waals surface area contributed by atoms with Gasteiger partial charge in [0.25, 0.3) is 0 Å². The fraction of sp³-hybridized carbons (Fsp3) is 0.0526. The molecule has 0 aliphatic rings. The van der Waals surface area contributed by atoms with Crippen LogP contribution in [0.2, 0.25) is 0 Å². The molecule has 0 radical (unpaired) electrons. The number of benzene rings is 2. The summed E-state index contributed by atoms with van der Waals surface area (Å²) in [7, 11) is 0. The van der Waals surface area contributed by atoms with Gasteiger partial charge in [0.15, 0.2) is 5.82 Å². The SMILES string of the molecule is Cc1c(-c2nnc3sc(-c4ccc(N)cc4)nn23)cnn1-c1ccccc1. The molecule has 0 atom stereocenters. The predicted molar refractivity (Wildman–Crippen MR) is 106 cm³/mol. The number of nitrogens with two attached hydrogens (primary N) is 1. The van der Waals surface area contributed by atoms with Crippen LogP contribution in [0.1, 0.15) is 5.69 Å². The van der Waals surface area contributed by atoms with Crippen LogP contribution in [0.5, 0.6) is 0 Å². The lowest BCUT2D eigenvalue weighted by Gasteiger charge is -2.04. The van der Waals surface area contributed by atoms with Gasteiger partial charge in [0.05, 0.1) is 23.1 Å². The number of fused-ring (bicyclic) bond motifs is 1. The Morgan fingerprint density at radius 1 is 0.963 bits per heavy atom. The number of hydrogen-bond acceptors (Lipinski definition) is 6. The molecule has 7 nitrogen and oxygen atoms in total. The molecule has 8 heteroatoms. The Morgan fingerprint density at radius 3 is 2.52 bits per heavy atom. The van der Waals surface area contributed by atoms with Crippen LogP contribution in [0.4, 0.5) is 5.69 Å². The average Bonchev–Trinajstić information content (AvgIpc) is 3.37. The summed E-state index contributed by atoms with van der Waals surface area (Å²) in [6.45, 7) is 2.02. The van der Waals surface area contributed by atoms with Gasteiger partial charge in [-0.2, -0.15) is 14.7 Å². The minimum atomic E-state index is 0.683. The highest BCUT2D eigenvalue weighted by Crippen LogP contribution is 2.30. The quantitative estimate of drug-likeness (QED) is 0.488. The topological polar surface area (TPSA) is 86.9 Å². The van der Waals surface area contributed by atoms with Crippen molar-refractivity contribution in [2.24, 2.45) is 0 Å². The van der Waals surface area contributed by atoms with Gasteiger partial charge >= 0.3 is 0 Å². The summed E-state index contributed by atoms with van der Waals surface area (Å²) in [5.74, 6) is 0.683. The molecule has 0 saturated heterocycles. The third-order valence-corrected chi connectivity index (χ3v) is 5.35. The summed E-state index contributed by atoms with van der Waals surface area (Å²) in [5.41, 5.74) is 10.4. The van der Waals surface area contributed by atoms with Crippen LogP contribution >= 0.6 is 11.3 Å². The van der Waals surface area contributed by atoms with E-state index in [1.807, 2.05) is 66.2 Å². The molecule has 0 fully saturated rings. The maximum absolute atomic E-state index is 5.77. The van der Waals surface area contributed by atoms with Crippen molar-refractivity contribution in [2.75, 3.05) is 5.73 Å². The molecule has 3 aromatic heterocycles. The fourth-order valence-corrected chi connectivity index (χ4v) is 3.83. The molecule has 5 aromatic rings. The van der Waals surface area contributed by atoms with Crippen molar-refractivity contribution in [1.82, 2.24) is 29.6 Å². The van der Waals surface area contributed by atoms with Crippen molar-refractivity contribution in [2.45, 2.75) is 6.92 Å². The summed E-state index contributed by atoms with van der Waals surface area (Å²) in [6, 6.07) is 17.7. The fourth-order valence-electron chi connectivity index (χ4n) is 2.99. The number of para-hydroxylation sites is 1. The number of nitrogens with zero attached hydrogens (tertiary/aromatic N) is 6. The highest BCUT2D eigenvalue weighted by molar-refractivity contribution is 7.19. The molecule has 0 spiro atoms. The number of aromatic nitrogens is 6. The van der Waals surface area contributed by atoms with Crippen LogP contribution in [0.15, 0.2) is 60.8 Å². The zero-order chi connectivity index (χ0) is 18.4. The second-order valence-corrected chi connectivity index (χ2v) is 7.09. The molecule has 3 heterocycles. The Labute approximate surface area is 158 Å². The summed E-state index contributed by atoms with van der Waals surface area (Å²) < 4.78 is 3.67. The van der Waals surface area contributed by atoms with E-state index >= 15 is 0 Å². The van der Waals surface area contributed by atoms with Gasteiger partial charge in [-0.3, -0.25) is 0 Å². The van der Waals surface area contributed by atoms with E-state index < -0.39 is 0 Å². The lowest BCUT2D eigenvalue weighted by molar-refractivity contribution is 0.846. The van der Waals surface area contributed by atoms with Crippen LogP contribution in [0.3, 0.4) is 0 Å². The van der Waals surface area contributed by atoms with Crippen molar-refractivity contribution in [3.8, 4) is 27.6 Å². The van der Waals surface area contributed by atoms with Gasteiger partial charge in [-0.1, -0.05) is 29.5 Å². The second kappa shape index (κ2) is 6.03. The third-order valence-electron chi connectivity index (χ3n) is 4.40. The molecule has 132 valence electrons. The molecule has 2 aromatic carbocycles. The van der Waals surface area contributed by atoms with Gasteiger partial charge in [0.2, 0.25) is 4.96 Å². The lowest BCUT2D eigenvalue weighted by atomic mass is 10.2. The Hall–Kier alpha value is -3.52. The van der Waals surface area contributed by atoms with Crippen molar-refractivity contribution in [3.63, 3.8) is 0 Å². The first-order chi connectivity index (χ1) is 13.2. The molecule has 0 amide bonds. The van der Waals surface area contributed by atoms with Crippen LogP contribution in [-0.2, 0) is 0 Å². The van der Waals surface area contributed by atoms with Crippen LogP contribution in [-0.4, -0.2) is 29.6 Å².